The predicted molar refractivity (Wildman–Crippen MR) is 76.1 cm³/mol. The standard InChI is InChI=1S/C15H12N2O5/c1-15(20-8-9-21-15)11-2-5-13(6-3-11)22-14-7-4-12(10-16-14)17(18)19/h2-10H,1H3. The maximum atomic E-state index is 10.6. The highest BCUT2D eigenvalue weighted by Gasteiger charge is 2.31. The van der Waals surface area contributed by atoms with E-state index in [-0.39, 0.29) is 11.6 Å². The van der Waals surface area contributed by atoms with Gasteiger partial charge in [0.1, 0.15) is 24.5 Å². The average Bonchev–Trinajstić information content (AvgIpc) is 2.96. The van der Waals surface area contributed by atoms with E-state index in [1.54, 1.807) is 19.1 Å². The molecule has 0 saturated carbocycles. The lowest BCUT2D eigenvalue weighted by molar-refractivity contribution is -0.385. The normalized spacial score (nSPS) is 15.0. The monoisotopic (exact) mass is 300 g/mol. The number of aromatic nitrogens is 1. The molecule has 1 aromatic heterocycles. The van der Waals surface area contributed by atoms with E-state index in [2.05, 4.69) is 4.98 Å². The Morgan fingerprint density at radius 1 is 1.14 bits per heavy atom. The van der Waals surface area contributed by atoms with Gasteiger partial charge in [0.2, 0.25) is 5.88 Å². The van der Waals surface area contributed by atoms with Crippen LogP contribution in [0.5, 0.6) is 11.6 Å². The molecule has 0 fully saturated rings. The molecule has 0 atom stereocenters. The van der Waals surface area contributed by atoms with Crippen LogP contribution in [-0.2, 0) is 15.3 Å². The van der Waals surface area contributed by atoms with Crippen LogP contribution in [0.3, 0.4) is 0 Å². The predicted octanol–water partition coefficient (Wildman–Crippen LogP) is 3.47. The van der Waals surface area contributed by atoms with E-state index in [1.165, 1.54) is 24.7 Å². The maximum absolute atomic E-state index is 10.6. The van der Waals surface area contributed by atoms with E-state index in [9.17, 15) is 10.1 Å². The Labute approximate surface area is 125 Å². The lowest BCUT2D eigenvalue weighted by atomic mass is 10.1. The van der Waals surface area contributed by atoms with Gasteiger partial charge in [0.05, 0.1) is 4.92 Å². The Morgan fingerprint density at radius 3 is 2.36 bits per heavy atom. The number of benzene rings is 1. The van der Waals surface area contributed by atoms with Gasteiger partial charge in [-0.05, 0) is 24.3 Å². The largest absolute Gasteiger partial charge is 0.453 e. The second-order valence-corrected chi connectivity index (χ2v) is 4.69. The summed E-state index contributed by atoms with van der Waals surface area (Å²) in [6, 6.07) is 9.90. The molecule has 7 heteroatoms. The minimum atomic E-state index is -0.829. The number of hydrogen-bond donors (Lipinski definition) is 0. The van der Waals surface area contributed by atoms with Gasteiger partial charge in [-0.25, -0.2) is 4.98 Å². The van der Waals surface area contributed by atoms with Gasteiger partial charge in [-0.1, -0.05) is 0 Å². The zero-order chi connectivity index (χ0) is 15.6. The van der Waals surface area contributed by atoms with Crippen LogP contribution in [0.15, 0.2) is 55.1 Å². The van der Waals surface area contributed by atoms with Crippen molar-refractivity contribution < 1.29 is 19.1 Å². The zero-order valence-corrected chi connectivity index (χ0v) is 11.6. The summed E-state index contributed by atoms with van der Waals surface area (Å²) in [5, 5.41) is 10.6. The average molecular weight is 300 g/mol. The third-order valence-electron chi connectivity index (χ3n) is 3.17. The van der Waals surface area contributed by atoms with E-state index in [0.717, 1.165) is 11.8 Å². The fraction of sp³-hybridized carbons (Fsp3) is 0.133. The number of pyridine rings is 1. The number of hydrogen-bond acceptors (Lipinski definition) is 6. The van der Waals surface area contributed by atoms with Crippen molar-refractivity contribution in [2.75, 3.05) is 0 Å². The van der Waals surface area contributed by atoms with Gasteiger partial charge in [0.15, 0.2) is 0 Å². The lowest BCUT2D eigenvalue weighted by Crippen LogP contribution is -2.21. The van der Waals surface area contributed by atoms with Crippen molar-refractivity contribution in [3.63, 3.8) is 0 Å². The fourth-order valence-corrected chi connectivity index (χ4v) is 1.97. The van der Waals surface area contributed by atoms with Crippen LogP contribution in [-0.4, -0.2) is 9.91 Å². The Morgan fingerprint density at radius 2 is 1.82 bits per heavy atom. The summed E-state index contributed by atoms with van der Waals surface area (Å²) < 4.78 is 16.3. The summed E-state index contributed by atoms with van der Waals surface area (Å²) in [7, 11) is 0. The van der Waals surface area contributed by atoms with Crippen LogP contribution in [0.2, 0.25) is 0 Å². The van der Waals surface area contributed by atoms with Crippen molar-refractivity contribution >= 4 is 5.69 Å². The molecule has 0 aliphatic carbocycles. The van der Waals surface area contributed by atoms with E-state index in [1.807, 2.05) is 12.1 Å². The Hall–Kier alpha value is -3.09. The number of nitro groups is 1. The Kier molecular flexibility index (Phi) is 3.38. The molecule has 112 valence electrons. The maximum Gasteiger partial charge on any atom is 0.287 e. The van der Waals surface area contributed by atoms with Gasteiger partial charge in [-0.3, -0.25) is 10.1 Å². The molecule has 3 rings (SSSR count). The molecule has 22 heavy (non-hydrogen) atoms. The Bertz CT molecular complexity index is 702. The minimum Gasteiger partial charge on any atom is -0.453 e. The summed E-state index contributed by atoms with van der Waals surface area (Å²) >= 11 is 0. The fourth-order valence-electron chi connectivity index (χ4n) is 1.97. The van der Waals surface area contributed by atoms with Gasteiger partial charge >= 0.3 is 0 Å². The SMILES string of the molecule is CC1(c2ccc(Oc3ccc([N+](=O)[O-])cn3)cc2)OC=CO1. The van der Waals surface area contributed by atoms with Crippen LogP contribution in [0, 0.1) is 10.1 Å². The minimum absolute atomic E-state index is 0.0846. The quantitative estimate of drug-likeness (QED) is 0.635. The van der Waals surface area contributed by atoms with E-state index < -0.39 is 10.7 Å². The molecule has 0 unspecified atom stereocenters. The zero-order valence-electron chi connectivity index (χ0n) is 11.6. The highest BCUT2D eigenvalue weighted by molar-refractivity contribution is 5.34. The van der Waals surface area contributed by atoms with Crippen molar-refractivity contribution in [3.05, 3.63) is 70.8 Å². The molecule has 2 heterocycles. The molecule has 0 spiro atoms. The number of ether oxygens (including phenoxy) is 3. The molecule has 1 aromatic carbocycles. The first-order chi connectivity index (χ1) is 10.6. The summed E-state index contributed by atoms with van der Waals surface area (Å²) in [6.07, 6.45) is 4.13. The van der Waals surface area contributed by atoms with Crippen molar-refractivity contribution in [1.82, 2.24) is 4.98 Å². The molecule has 1 aliphatic heterocycles. The molecular formula is C15H12N2O5. The smallest absolute Gasteiger partial charge is 0.287 e. The second kappa shape index (κ2) is 5.36. The summed E-state index contributed by atoms with van der Waals surface area (Å²) in [5.74, 6) is 0.00342. The van der Waals surface area contributed by atoms with Crippen LogP contribution in [0.4, 0.5) is 5.69 Å². The van der Waals surface area contributed by atoms with Crippen molar-refractivity contribution in [2.24, 2.45) is 0 Å². The summed E-state index contributed by atoms with van der Waals surface area (Å²) in [5.41, 5.74) is 0.750. The first kappa shape index (κ1) is 13.9. The van der Waals surface area contributed by atoms with Crippen LogP contribution >= 0.6 is 0 Å². The molecule has 0 radical (unpaired) electrons. The number of rotatable bonds is 4. The van der Waals surface area contributed by atoms with Crippen molar-refractivity contribution in [2.45, 2.75) is 12.7 Å². The molecule has 0 N–H and O–H groups in total. The molecule has 0 bridgehead atoms. The highest BCUT2D eigenvalue weighted by Crippen LogP contribution is 2.32. The van der Waals surface area contributed by atoms with E-state index >= 15 is 0 Å². The Balaban J connectivity index is 1.72. The molecule has 0 saturated heterocycles. The van der Waals surface area contributed by atoms with Crippen LogP contribution in [0.25, 0.3) is 0 Å². The second-order valence-electron chi connectivity index (χ2n) is 4.69. The summed E-state index contributed by atoms with van der Waals surface area (Å²) in [4.78, 5) is 13.9. The van der Waals surface area contributed by atoms with Gasteiger partial charge < -0.3 is 14.2 Å². The molecular weight excluding hydrogens is 288 g/mol. The van der Waals surface area contributed by atoms with Crippen molar-refractivity contribution in [3.8, 4) is 11.6 Å². The molecule has 1 aliphatic rings. The van der Waals surface area contributed by atoms with Crippen LogP contribution in [0.1, 0.15) is 12.5 Å². The molecule has 2 aromatic rings. The third-order valence-corrected chi connectivity index (χ3v) is 3.17. The first-order valence-electron chi connectivity index (χ1n) is 6.46. The first-order valence-corrected chi connectivity index (χ1v) is 6.46. The van der Waals surface area contributed by atoms with Crippen LogP contribution < -0.4 is 4.74 Å². The van der Waals surface area contributed by atoms with Crippen molar-refractivity contribution in [1.29, 1.82) is 0 Å². The van der Waals surface area contributed by atoms with Gasteiger partial charge in [0.25, 0.3) is 11.5 Å². The third kappa shape index (κ3) is 2.69. The van der Waals surface area contributed by atoms with Gasteiger partial charge in [0, 0.05) is 24.6 Å². The summed E-state index contributed by atoms with van der Waals surface area (Å²) in [6.45, 7) is 1.81. The number of nitrogens with zero attached hydrogens (tertiary/aromatic N) is 2. The van der Waals surface area contributed by atoms with Gasteiger partial charge in [-0.15, -0.1) is 0 Å². The lowest BCUT2D eigenvalue weighted by Gasteiger charge is -2.23. The topological polar surface area (TPSA) is 83.7 Å². The van der Waals surface area contributed by atoms with E-state index in [0.29, 0.717) is 5.75 Å². The van der Waals surface area contributed by atoms with Gasteiger partial charge in [-0.2, -0.15) is 0 Å². The molecule has 0 amide bonds. The molecule has 7 nitrogen and oxygen atoms in total. The van der Waals surface area contributed by atoms with E-state index in [4.69, 9.17) is 14.2 Å². The highest BCUT2D eigenvalue weighted by atomic mass is 16.7.